The van der Waals surface area contributed by atoms with E-state index in [0.717, 1.165) is 0 Å². The second-order valence-electron chi connectivity index (χ2n) is 3.61. The number of hydrogen-bond donors (Lipinski definition) is 1. The third-order valence-electron chi connectivity index (χ3n) is 2.43. The van der Waals surface area contributed by atoms with Crippen molar-refractivity contribution >= 4 is 11.9 Å². The minimum atomic E-state index is -0.678. The fourth-order valence-corrected chi connectivity index (χ4v) is 1.60. The zero-order valence-electron chi connectivity index (χ0n) is 9.58. The molecule has 0 aromatic carbocycles. The highest BCUT2D eigenvalue weighted by Gasteiger charge is 2.31. The maximum absolute atomic E-state index is 11.6. The standard InChI is InChI=1S/C10H13N3O4/c1-16-7-4-8(17-2)12-10(11-7)13-5-6(14)3-9(13)15/h4,6,14H,3,5H2,1-2H3. The fraction of sp³-hybridized carbons (Fsp3) is 0.500. The number of hydrogen-bond acceptors (Lipinski definition) is 6. The van der Waals surface area contributed by atoms with E-state index in [1.165, 1.54) is 25.2 Å². The van der Waals surface area contributed by atoms with Crippen LogP contribution in [0, 0.1) is 0 Å². The number of aliphatic hydroxyl groups excluding tert-OH is 1. The van der Waals surface area contributed by atoms with Gasteiger partial charge in [-0.15, -0.1) is 0 Å². The van der Waals surface area contributed by atoms with Crippen molar-refractivity contribution in [1.29, 1.82) is 0 Å². The number of nitrogens with zero attached hydrogens (tertiary/aromatic N) is 3. The molecular weight excluding hydrogens is 226 g/mol. The van der Waals surface area contributed by atoms with E-state index in [0.29, 0.717) is 11.8 Å². The minimum Gasteiger partial charge on any atom is -0.481 e. The number of amides is 1. The van der Waals surface area contributed by atoms with Gasteiger partial charge in [-0.3, -0.25) is 9.69 Å². The number of anilines is 1. The number of ether oxygens (including phenoxy) is 2. The van der Waals surface area contributed by atoms with E-state index in [1.54, 1.807) is 0 Å². The number of β-amino-alcohol motifs (C(OH)–C–C–N with tert-alkyl or cyclic N) is 1. The van der Waals surface area contributed by atoms with Crippen LogP contribution in [0.2, 0.25) is 0 Å². The van der Waals surface area contributed by atoms with Crippen molar-refractivity contribution in [1.82, 2.24) is 9.97 Å². The lowest BCUT2D eigenvalue weighted by atomic mass is 10.3. The molecule has 1 unspecified atom stereocenters. The highest BCUT2D eigenvalue weighted by molar-refractivity contribution is 5.94. The molecule has 1 aromatic heterocycles. The van der Waals surface area contributed by atoms with Gasteiger partial charge in [-0.1, -0.05) is 0 Å². The molecule has 0 aliphatic carbocycles. The minimum absolute atomic E-state index is 0.0862. The van der Waals surface area contributed by atoms with E-state index in [4.69, 9.17) is 9.47 Å². The Kier molecular flexibility index (Phi) is 3.10. The quantitative estimate of drug-likeness (QED) is 0.772. The van der Waals surface area contributed by atoms with Crippen LogP contribution >= 0.6 is 0 Å². The van der Waals surface area contributed by atoms with E-state index in [-0.39, 0.29) is 24.8 Å². The van der Waals surface area contributed by atoms with Crippen LogP contribution in [0.1, 0.15) is 6.42 Å². The van der Waals surface area contributed by atoms with Crippen LogP contribution in [-0.2, 0) is 4.79 Å². The third-order valence-corrected chi connectivity index (χ3v) is 2.43. The Hall–Kier alpha value is -1.89. The maximum Gasteiger partial charge on any atom is 0.238 e. The van der Waals surface area contributed by atoms with Crippen LogP contribution in [0.4, 0.5) is 5.95 Å². The van der Waals surface area contributed by atoms with Gasteiger partial charge in [0.2, 0.25) is 23.6 Å². The summed E-state index contributed by atoms with van der Waals surface area (Å²) in [6.07, 6.45) is -0.591. The van der Waals surface area contributed by atoms with Crippen LogP contribution in [0.25, 0.3) is 0 Å². The molecule has 1 atom stereocenters. The van der Waals surface area contributed by atoms with Gasteiger partial charge in [0, 0.05) is 0 Å². The van der Waals surface area contributed by atoms with Crippen LogP contribution in [0.15, 0.2) is 6.07 Å². The van der Waals surface area contributed by atoms with E-state index < -0.39 is 6.10 Å². The van der Waals surface area contributed by atoms with Gasteiger partial charge >= 0.3 is 0 Å². The third kappa shape index (κ3) is 2.28. The highest BCUT2D eigenvalue weighted by atomic mass is 16.5. The Morgan fingerprint density at radius 1 is 1.35 bits per heavy atom. The number of rotatable bonds is 3. The lowest BCUT2D eigenvalue weighted by Crippen LogP contribution is -2.27. The SMILES string of the molecule is COc1cc(OC)nc(N2CC(O)CC2=O)n1. The summed E-state index contributed by atoms with van der Waals surface area (Å²) in [7, 11) is 2.93. The van der Waals surface area contributed by atoms with Gasteiger partial charge in [0.05, 0.1) is 39.4 Å². The van der Waals surface area contributed by atoms with Gasteiger partial charge in [0.1, 0.15) is 0 Å². The molecule has 1 N–H and O–H groups in total. The van der Waals surface area contributed by atoms with Crippen molar-refractivity contribution in [2.24, 2.45) is 0 Å². The largest absolute Gasteiger partial charge is 0.481 e. The average Bonchev–Trinajstić information content (AvgIpc) is 2.67. The smallest absolute Gasteiger partial charge is 0.238 e. The summed E-state index contributed by atoms with van der Waals surface area (Å²) in [5.41, 5.74) is 0. The number of carbonyl (C=O) groups is 1. The molecular formula is C10H13N3O4. The lowest BCUT2D eigenvalue weighted by molar-refractivity contribution is -0.117. The van der Waals surface area contributed by atoms with Crippen LogP contribution < -0.4 is 14.4 Å². The summed E-state index contributed by atoms with van der Waals surface area (Å²) in [6.45, 7) is 0.190. The molecule has 1 amide bonds. The van der Waals surface area contributed by atoms with Gasteiger partial charge in [-0.05, 0) is 0 Å². The molecule has 0 spiro atoms. The van der Waals surface area contributed by atoms with E-state index in [2.05, 4.69) is 9.97 Å². The van der Waals surface area contributed by atoms with Gasteiger partial charge in [-0.2, -0.15) is 9.97 Å². The number of aromatic nitrogens is 2. The van der Waals surface area contributed by atoms with Crippen molar-refractivity contribution in [3.8, 4) is 11.8 Å². The average molecular weight is 239 g/mol. The Morgan fingerprint density at radius 3 is 2.35 bits per heavy atom. The highest BCUT2D eigenvalue weighted by Crippen LogP contribution is 2.23. The Balaban J connectivity index is 2.34. The summed E-state index contributed by atoms with van der Waals surface area (Å²) in [5, 5.41) is 9.40. The topological polar surface area (TPSA) is 84.8 Å². The fourth-order valence-electron chi connectivity index (χ4n) is 1.60. The molecule has 7 heteroatoms. The normalized spacial score (nSPS) is 19.6. The first kappa shape index (κ1) is 11.6. The maximum atomic E-state index is 11.6. The molecule has 1 aliphatic heterocycles. The van der Waals surface area contributed by atoms with Crippen molar-refractivity contribution in [3.05, 3.63) is 6.07 Å². The molecule has 1 aliphatic rings. The molecule has 0 radical (unpaired) electrons. The zero-order chi connectivity index (χ0) is 12.4. The second-order valence-corrected chi connectivity index (χ2v) is 3.61. The van der Waals surface area contributed by atoms with E-state index in [9.17, 15) is 9.90 Å². The Bertz CT molecular complexity index is 415. The van der Waals surface area contributed by atoms with Crippen molar-refractivity contribution in [2.45, 2.75) is 12.5 Å². The first-order valence-corrected chi connectivity index (χ1v) is 5.09. The van der Waals surface area contributed by atoms with Crippen LogP contribution in [0.3, 0.4) is 0 Å². The van der Waals surface area contributed by atoms with Crippen LogP contribution in [0.5, 0.6) is 11.8 Å². The summed E-state index contributed by atoms with van der Waals surface area (Å²) in [6, 6.07) is 1.51. The molecule has 0 saturated carbocycles. The predicted octanol–water partition coefficient (Wildman–Crippen LogP) is -0.409. The Morgan fingerprint density at radius 2 is 1.94 bits per heavy atom. The van der Waals surface area contributed by atoms with Gasteiger partial charge in [0.15, 0.2) is 0 Å². The summed E-state index contributed by atoms with van der Waals surface area (Å²) >= 11 is 0. The zero-order valence-corrected chi connectivity index (χ0v) is 9.58. The lowest BCUT2D eigenvalue weighted by Gasteiger charge is -2.14. The molecule has 17 heavy (non-hydrogen) atoms. The van der Waals surface area contributed by atoms with E-state index in [1.807, 2.05) is 0 Å². The van der Waals surface area contributed by atoms with Gasteiger partial charge in [0.25, 0.3) is 0 Å². The molecule has 0 bridgehead atoms. The molecule has 7 nitrogen and oxygen atoms in total. The summed E-state index contributed by atoms with van der Waals surface area (Å²) in [5.74, 6) is 0.581. The molecule has 1 fully saturated rings. The molecule has 1 aromatic rings. The van der Waals surface area contributed by atoms with Crippen molar-refractivity contribution in [3.63, 3.8) is 0 Å². The van der Waals surface area contributed by atoms with Crippen LogP contribution in [-0.4, -0.2) is 47.8 Å². The molecule has 2 heterocycles. The summed E-state index contributed by atoms with van der Waals surface area (Å²) in [4.78, 5) is 21.0. The number of aliphatic hydroxyl groups is 1. The van der Waals surface area contributed by atoms with E-state index >= 15 is 0 Å². The first-order valence-electron chi connectivity index (χ1n) is 5.09. The van der Waals surface area contributed by atoms with Crippen molar-refractivity contribution in [2.75, 3.05) is 25.7 Å². The molecule has 1 saturated heterocycles. The molecule has 92 valence electrons. The number of carbonyl (C=O) groups excluding carboxylic acids is 1. The Labute approximate surface area is 98.0 Å². The van der Waals surface area contributed by atoms with Gasteiger partial charge in [-0.25, -0.2) is 0 Å². The van der Waals surface area contributed by atoms with Gasteiger partial charge < -0.3 is 14.6 Å². The van der Waals surface area contributed by atoms with Crippen molar-refractivity contribution < 1.29 is 19.4 Å². The first-order chi connectivity index (χ1) is 8.13. The summed E-state index contributed by atoms with van der Waals surface area (Å²) < 4.78 is 9.97. The number of methoxy groups -OCH3 is 2. The monoisotopic (exact) mass is 239 g/mol. The second kappa shape index (κ2) is 4.54. The molecule has 2 rings (SSSR count). The predicted molar refractivity (Wildman–Crippen MR) is 58.1 cm³/mol.